The van der Waals surface area contributed by atoms with Crippen LogP contribution in [0.15, 0.2) is 46.5 Å². The Kier molecular flexibility index (Phi) is 5.82. The first-order valence-electron chi connectivity index (χ1n) is 8.42. The van der Waals surface area contributed by atoms with E-state index in [9.17, 15) is 0 Å². The van der Waals surface area contributed by atoms with Gasteiger partial charge in [0.05, 0.1) is 5.70 Å². The second-order valence-corrected chi connectivity index (χ2v) is 7.69. The second-order valence-electron chi connectivity index (χ2n) is 5.98. The van der Waals surface area contributed by atoms with Gasteiger partial charge in [0.25, 0.3) is 0 Å². The number of benzene rings is 1. The summed E-state index contributed by atoms with van der Waals surface area (Å²) in [6, 6.07) is 10.6. The molecule has 4 heteroatoms. The predicted molar refractivity (Wildman–Crippen MR) is 93.4 cm³/mol. The summed E-state index contributed by atoms with van der Waals surface area (Å²) in [6.45, 7) is 2.78. The number of hydrogen-bond donors (Lipinski definition) is 1. The minimum Gasteiger partial charge on any atom is -0.359 e. The maximum absolute atomic E-state index is 5.83. The van der Waals surface area contributed by atoms with E-state index in [4.69, 9.17) is 9.10 Å². The molecule has 0 radical (unpaired) electrons. The van der Waals surface area contributed by atoms with E-state index in [2.05, 4.69) is 48.1 Å². The maximum Gasteiger partial charge on any atom is 0.138 e. The quantitative estimate of drug-likeness (QED) is 0.885. The van der Waals surface area contributed by atoms with Gasteiger partial charge in [-0.2, -0.15) is 0 Å². The smallest absolute Gasteiger partial charge is 0.138 e. The van der Waals surface area contributed by atoms with Crippen LogP contribution in [-0.4, -0.2) is 18.1 Å². The van der Waals surface area contributed by atoms with Crippen LogP contribution < -0.4 is 4.72 Å². The summed E-state index contributed by atoms with van der Waals surface area (Å²) in [6.07, 6.45) is 9.77. The van der Waals surface area contributed by atoms with Crippen molar-refractivity contribution in [1.82, 2.24) is 4.72 Å². The molecule has 0 saturated heterocycles. The Morgan fingerprint density at radius 2 is 1.95 bits per heavy atom. The standard InChI is InChI=1S/C18H26N2OS/c1-2-21-18-14-16(13-15-9-5-3-6-10-15)19-22(20-18)17-11-7-4-8-12-17/h3,5-6,9-10,14,17-18H,2,4,7-8,11-13H2,1H3,(H,19,20). The molecule has 120 valence electrons. The summed E-state index contributed by atoms with van der Waals surface area (Å²) >= 11 is 0. The summed E-state index contributed by atoms with van der Waals surface area (Å²) < 4.78 is 14.5. The molecular formula is C18H26N2OS. The summed E-state index contributed by atoms with van der Waals surface area (Å²) in [4.78, 5) is 0. The number of allylic oxidation sites excluding steroid dienone is 1. The van der Waals surface area contributed by atoms with E-state index < -0.39 is 0 Å². The molecule has 1 aromatic rings. The van der Waals surface area contributed by atoms with E-state index >= 15 is 0 Å². The van der Waals surface area contributed by atoms with Crippen LogP contribution in [0.25, 0.3) is 0 Å². The van der Waals surface area contributed by atoms with Crippen LogP contribution in [0, 0.1) is 0 Å². The molecule has 0 amide bonds. The van der Waals surface area contributed by atoms with Crippen molar-refractivity contribution in [2.75, 3.05) is 6.61 Å². The Morgan fingerprint density at radius 3 is 2.68 bits per heavy atom. The number of ether oxygens (including phenoxy) is 1. The normalized spacial score (nSPS) is 26.3. The lowest BCUT2D eigenvalue weighted by atomic mass is 10.0. The van der Waals surface area contributed by atoms with Gasteiger partial charge < -0.3 is 4.74 Å². The minimum atomic E-state index is -0.0847. The van der Waals surface area contributed by atoms with Crippen molar-refractivity contribution >= 4 is 10.9 Å². The van der Waals surface area contributed by atoms with Crippen LogP contribution in [0.2, 0.25) is 0 Å². The Bertz CT molecular complexity index is 535. The Balaban J connectivity index is 1.76. The predicted octanol–water partition coefficient (Wildman–Crippen LogP) is 4.13. The Labute approximate surface area is 136 Å². The van der Waals surface area contributed by atoms with Gasteiger partial charge in [-0.3, -0.25) is 0 Å². The molecule has 1 N–H and O–H groups in total. The van der Waals surface area contributed by atoms with Gasteiger partial charge in [-0.05, 0) is 42.3 Å². The lowest BCUT2D eigenvalue weighted by Gasteiger charge is -2.30. The first-order valence-corrected chi connectivity index (χ1v) is 9.67. The SMILES string of the molecule is CCOC1C=C(Cc2ccccc2)N=S(C2CCCCC2)N1. The van der Waals surface area contributed by atoms with Crippen LogP contribution in [-0.2, 0) is 22.0 Å². The van der Waals surface area contributed by atoms with Crippen LogP contribution >= 0.6 is 0 Å². The van der Waals surface area contributed by atoms with Crippen LogP contribution in [0.1, 0.15) is 44.6 Å². The number of nitrogens with zero attached hydrogens (tertiary/aromatic N) is 1. The fraction of sp³-hybridized carbons (Fsp3) is 0.556. The average molecular weight is 318 g/mol. The van der Waals surface area contributed by atoms with Crippen molar-refractivity contribution < 1.29 is 4.74 Å². The fourth-order valence-electron chi connectivity index (χ4n) is 3.13. The average Bonchev–Trinajstić information content (AvgIpc) is 2.57. The van der Waals surface area contributed by atoms with Crippen molar-refractivity contribution in [2.24, 2.45) is 4.36 Å². The number of rotatable bonds is 5. The molecule has 1 aromatic carbocycles. The molecule has 0 bridgehead atoms. The number of hydrogen-bond acceptors (Lipinski definition) is 3. The zero-order chi connectivity index (χ0) is 15.2. The minimum absolute atomic E-state index is 0.0199. The molecule has 1 saturated carbocycles. The van der Waals surface area contributed by atoms with Gasteiger partial charge in [-0.25, -0.2) is 9.08 Å². The van der Waals surface area contributed by atoms with Crippen LogP contribution in [0.4, 0.5) is 0 Å². The zero-order valence-electron chi connectivity index (χ0n) is 13.3. The molecule has 2 unspecified atom stereocenters. The van der Waals surface area contributed by atoms with E-state index in [0.29, 0.717) is 5.25 Å². The largest absolute Gasteiger partial charge is 0.359 e. The van der Waals surface area contributed by atoms with Crippen LogP contribution in [0.3, 0.4) is 0 Å². The molecular weight excluding hydrogens is 292 g/mol. The van der Waals surface area contributed by atoms with Gasteiger partial charge in [0.15, 0.2) is 0 Å². The highest BCUT2D eigenvalue weighted by atomic mass is 32.2. The van der Waals surface area contributed by atoms with Crippen LogP contribution in [0.5, 0.6) is 0 Å². The molecule has 1 aliphatic carbocycles. The van der Waals surface area contributed by atoms with Crippen molar-refractivity contribution in [3.05, 3.63) is 47.7 Å². The van der Waals surface area contributed by atoms with E-state index in [-0.39, 0.29) is 17.1 Å². The lowest BCUT2D eigenvalue weighted by molar-refractivity contribution is 0.0890. The van der Waals surface area contributed by atoms with E-state index in [1.54, 1.807) is 0 Å². The molecule has 0 aromatic heterocycles. The van der Waals surface area contributed by atoms with Gasteiger partial charge >= 0.3 is 0 Å². The Hall–Kier alpha value is -0.970. The monoisotopic (exact) mass is 318 g/mol. The van der Waals surface area contributed by atoms with Crippen molar-refractivity contribution in [2.45, 2.75) is 56.9 Å². The fourth-order valence-corrected chi connectivity index (χ4v) is 5.05. The first-order chi connectivity index (χ1) is 10.8. The van der Waals surface area contributed by atoms with E-state index in [0.717, 1.165) is 13.0 Å². The topological polar surface area (TPSA) is 33.6 Å². The van der Waals surface area contributed by atoms with Gasteiger partial charge in [0.2, 0.25) is 0 Å². The lowest BCUT2D eigenvalue weighted by Crippen LogP contribution is -2.40. The van der Waals surface area contributed by atoms with E-state index in [1.807, 2.05) is 0 Å². The van der Waals surface area contributed by atoms with Gasteiger partial charge in [-0.15, -0.1) is 0 Å². The molecule has 3 nitrogen and oxygen atoms in total. The highest BCUT2D eigenvalue weighted by Gasteiger charge is 2.23. The maximum atomic E-state index is 5.83. The zero-order valence-corrected chi connectivity index (χ0v) is 14.1. The highest BCUT2D eigenvalue weighted by molar-refractivity contribution is 7.86. The van der Waals surface area contributed by atoms with Gasteiger partial charge in [0.1, 0.15) is 6.23 Å². The second kappa shape index (κ2) is 8.04. The summed E-state index contributed by atoms with van der Waals surface area (Å²) in [5, 5.41) is 0.691. The van der Waals surface area contributed by atoms with E-state index in [1.165, 1.54) is 43.4 Å². The third kappa shape index (κ3) is 4.28. The molecule has 2 aliphatic rings. The van der Waals surface area contributed by atoms with Crippen molar-refractivity contribution in [3.63, 3.8) is 0 Å². The molecule has 2 atom stereocenters. The molecule has 3 rings (SSSR count). The van der Waals surface area contributed by atoms with Gasteiger partial charge in [0, 0.05) is 18.3 Å². The summed E-state index contributed by atoms with van der Waals surface area (Å²) in [5.74, 6) is 0. The first kappa shape index (κ1) is 15.9. The highest BCUT2D eigenvalue weighted by Crippen LogP contribution is 2.26. The van der Waals surface area contributed by atoms with Crippen molar-refractivity contribution in [1.29, 1.82) is 0 Å². The Morgan fingerprint density at radius 1 is 1.18 bits per heavy atom. The summed E-state index contributed by atoms with van der Waals surface area (Å²) in [7, 11) is -0.0847. The van der Waals surface area contributed by atoms with Gasteiger partial charge in [-0.1, -0.05) is 49.6 Å². The summed E-state index contributed by atoms with van der Waals surface area (Å²) in [5.41, 5.74) is 2.50. The van der Waals surface area contributed by atoms with Crippen molar-refractivity contribution in [3.8, 4) is 0 Å². The molecule has 1 aliphatic heterocycles. The third-order valence-electron chi connectivity index (χ3n) is 4.24. The number of nitrogens with one attached hydrogen (secondary N) is 1. The molecule has 0 spiro atoms. The molecule has 22 heavy (non-hydrogen) atoms. The molecule has 1 heterocycles. The molecule has 1 fully saturated rings. The third-order valence-corrected chi connectivity index (χ3v) is 6.25.